The number of hydrogen-bond acceptors (Lipinski definition) is 4. The number of hydrogen-bond donors (Lipinski definition) is 0. The van der Waals surface area contributed by atoms with Crippen LogP contribution >= 0.6 is 0 Å². The molecule has 0 aliphatic carbocycles. The van der Waals surface area contributed by atoms with Gasteiger partial charge in [0.05, 0.1) is 26.4 Å². The molecule has 0 N–H and O–H groups in total. The van der Waals surface area contributed by atoms with E-state index >= 15 is 0 Å². The van der Waals surface area contributed by atoms with Gasteiger partial charge in [0.25, 0.3) is 0 Å². The number of benzene rings is 2. The average molecular weight is 338 g/mol. The molecule has 0 amide bonds. The lowest BCUT2D eigenvalue weighted by molar-refractivity contribution is -0.162. The van der Waals surface area contributed by atoms with Crippen LogP contribution in [0.5, 0.6) is 0 Å². The number of carbonyl (C=O) groups is 1. The summed E-state index contributed by atoms with van der Waals surface area (Å²) in [6.07, 6.45) is 3.70. The molecule has 130 valence electrons. The third-order valence-corrected chi connectivity index (χ3v) is 4.10. The average Bonchev–Trinajstić information content (AvgIpc) is 2.68. The highest BCUT2D eigenvalue weighted by atomic mass is 16.5. The largest absolute Gasteiger partial charge is 0.460 e. The van der Waals surface area contributed by atoms with E-state index in [4.69, 9.17) is 14.2 Å². The molecule has 25 heavy (non-hydrogen) atoms. The molecule has 0 saturated heterocycles. The zero-order valence-electron chi connectivity index (χ0n) is 14.1. The second-order valence-electron chi connectivity index (χ2n) is 6.11. The van der Waals surface area contributed by atoms with E-state index in [9.17, 15) is 4.79 Å². The van der Waals surface area contributed by atoms with Gasteiger partial charge in [-0.2, -0.15) is 0 Å². The van der Waals surface area contributed by atoms with Gasteiger partial charge in [0.2, 0.25) is 0 Å². The molecule has 1 atom stereocenters. The predicted octanol–water partition coefficient (Wildman–Crippen LogP) is 3.52. The maximum absolute atomic E-state index is 12.7. The fourth-order valence-electron chi connectivity index (χ4n) is 2.70. The Morgan fingerprint density at radius 2 is 1.60 bits per heavy atom. The van der Waals surface area contributed by atoms with Crippen molar-refractivity contribution in [2.75, 3.05) is 19.8 Å². The van der Waals surface area contributed by atoms with Gasteiger partial charge in [-0.1, -0.05) is 72.8 Å². The van der Waals surface area contributed by atoms with Crippen LogP contribution < -0.4 is 0 Å². The van der Waals surface area contributed by atoms with Crippen LogP contribution in [0.1, 0.15) is 11.1 Å². The molecule has 0 radical (unpaired) electrons. The third kappa shape index (κ3) is 4.78. The maximum Gasteiger partial charge on any atom is 0.321 e. The minimum Gasteiger partial charge on any atom is -0.460 e. The predicted molar refractivity (Wildman–Crippen MR) is 94.7 cm³/mol. The zero-order valence-corrected chi connectivity index (χ0v) is 14.1. The normalized spacial score (nSPS) is 19.5. The van der Waals surface area contributed by atoms with Gasteiger partial charge in [-0.15, -0.1) is 0 Å². The topological polar surface area (TPSA) is 44.8 Å². The van der Waals surface area contributed by atoms with Crippen LogP contribution in [-0.2, 0) is 32.2 Å². The molecule has 0 spiro atoms. The van der Waals surface area contributed by atoms with Crippen molar-refractivity contribution < 1.29 is 19.0 Å². The molecule has 1 unspecified atom stereocenters. The van der Waals surface area contributed by atoms with Gasteiger partial charge in [0.1, 0.15) is 12.0 Å². The highest BCUT2D eigenvalue weighted by Gasteiger charge is 2.40. The molecule has 1 aliphatic rings. The minimum atomic E-state index is -0.887. The first-order valence-corrected chi connectivity index (χ1v) is 8.37. The fraction of sp³-hybridized carbons (Fsp3) is 0.286. The van der Waals surface area contributed by atoms with Gasteiger partial charge in [-0.25, -0.2) is 0 Å². The van der Waals surface area contributed by atoms with Gasteiger partial charge in [-0.05, 0) is 11.1 Å². The molecular formula is C21H22O4. The van der Waals surface area contributed by atoms with Crippen LogP contribution in [-0.4, -0.2) is 25.8 Å². The molecule has 2 aromatic carbocycles. The van der Waals surface area contributed by atoms with E-state index in [1.807, 2.05) is 72.8 Å². The summed E-state index contributed by atoms with van der Waals surface area (Å²) < 4.78 is 16.8. The van der Waals surface area contributed by atoms with Crippen molar-refractivity contribution in [3.05, 3.63) is 83.9 Å². The van der Waals surface area contributed by atoms with Gasteiger partial charge < -0.3 is 14.2 Å². The molecular weight excluding hydrogens is 316 g/mol. The Bertz CT molecular complexity index is 696. The van der Waals surface area contributed by atoms with Gasteiger partial charge in [0.15, 0.2) is 0 Å². The van der Waals surface area contributed by atoms with Crippen LogP contribution in [0.3, 0.4) is 0 Å². The van der Waals surface area contributed by atoms with Crippen molar-refractivity contribution >= 4 is 5.97 Å². The van der Waals surface area contributed by atoms with E-state index in [0.29, 0.717) is 13.2 Å². The maximum atomic E-state index is 12.7. The molecule has 4 nitrogen and oxygen atoms in total. The van der Waals surface area contributed by atoms with Crippen LogP contribution in [0.2, 0.25) is 0 Å². The summed E-state index contributed by atoms with van der Waals surface area (Å²) in [4.78, 5) is 12.7. The summed E-state index contributed by atoms with van der Waals surface area (Å²) in [5, 5.41) is 0. The zero-order chi connectivity index (χ0) is 17.4. The van der Waals surface area contributed by atoms with E-state index in [1.165, 1.54) is 0 Å². The van der Waals surface area contributed by atoms with Gasteiger partial charge >= 0.3 is 5.97 Å². The van der Waals surface area contributed by atoms with Crippen LogP contribution in [0.4, 0.5) is 0 Å². The van der Waals surface area contributed by atoms with Crippen molar-refractivity contribution in [1.29, 1.82) is 0 Å². The second kappa shape index (κ2) is 8.60. The highest BCUT2D eigenvalue weighted by Crippen LogP contribution is 2.27. The standard InChI is InChI=1S/C21H22O4/c22-20(25-15-19-10-5-2-6-11-19)21(12-7-13-23-16-21)17-24-14-18-8-3-1-4-9-18/h1-12H,13-17H2. The van der Waals surface area contributed by atoms with Gasteiger partial charge in [0, 0.05) is 0 Å². The van der Waals surface area contributed by atoms with Crippen molar-refractivity contribution in [2.45, 2.75) is 13.2 Å². The van der Waals surface area contributed by atoms with E-state index in [-0.39, 0.29) is 25.8 Å². The van der Waals surface area contributed by atoms with E-state index in [0.717, 1.165) is 11.1 Å². The Morgan fingerprint density at radius 1 is 0.960 bits per heavy atom. The number of ether oxygens (including phenoxy) is 3. The minimum absolute atomic E-state index is 0.228. The van der Waals surface area contributed by atoms with E-state index in [2.05, 4.69) is 0 Å². The Balaban J connectivity index is 1.60. The van der Waals surface area contributed by atoms with E-state index in [1.54, 1.807) is 0 Å². The Morgan fingerprint density at radius 3 is 2.20 bits per heavy atom. The van der Waals surface area contributed by atoms with Crippen LogP contribution in [0.25, 0.3) is 0 Å². The third-order valence-electron chi connectivity index (χ3n) is 4.10. The molecule has 0 aromatic heterocycles. The van der Waals surface area contributed by atoms with Crippen molar-refractivity contribution in [3.8, 4) is 0 Å². The van der Waals surface area contributed by atoms with Crippen molar-refractivity contribution in [3.63, 3.8) is 0 Å². The Labute approximate surface area is 148 Å². The lowest BCUT2D eigenvalue weighted by atomic mass is 9.88. The number of esters is 1. The lowest BCUT2D eigenvalue weighted by Gasteiger charge is -2.30. The van der Waals surface area contributed by atoms with E-state index < -0.39 is 5.41 Å². The van der Waals surface area contributed by atoms with Gasteiger partial charge in [-0.3, -0.25) is 4.79 Å². The molecule has 3 rings (SSSR count). The summed E-state index contributed by atoms with van der Waals surface area (Å²) in [6, 6.07) is 19.5. The van der Waals surface area contributed by atoms with Crippen LogP contribution in [0, 0.1) is 5.41 Å². The molecule has 0 fully saturated rings. The van der Waals surface area contributed by atoms with Crippen molar-refractivity contribution in [1.82, 2.24) is 0 Å². The monoisotopic (exact) mass is 338 g/mol. The number of rotatable bonds is 7. The van der Waals surface area contributed by atoms with Crippen LogP contribution in [0.15, 0.2) is 72.8 Å². The first kappa shape index (κ1) is 17.4. The summed E-state index contributed by atoms with van der Waals surface area (Å²) in [7, 11) is 0. The first-order valence-electron chi connectivity index (χ1n) is 8.37. The fourth-order valence-corrected chi connectivity index (χ4v) is 2.70. The summed E-state index contributed by atoms with van der Waals surface area (Å²) >= 11 is 0. The summed E-state index contributed by atoms with van der Waals surface area (Å²) in [6.45, 7) is 1.70. The Kier molecular flexibility index (Phi) is 5.99. The number of carbonyl (C=O) groups excluding carboxylic acids is 1. The highest BCUT2D eigenvalue weighted by molar-refractivity contribution is 5.79. The van der Waals surface area contributed by atoms with Crippen molar-refractivity contribution in [2.24, 2.45) is 5.41 Å². The summed E-state index contributed by atoms with van der Waals surface area (Å²) in [5.74, 6) is -0.319. The molecule has 1 aliphatic heterocycles. The smallest absolute Gasteiger partial charge is 0.321 e. The molecule has 4 heteroatoms. The Hall–Kier alpha value is -2.43. The second-order valence-corrected chi connectivity index (χ2v) is 6.11. The first-order chi connectivity index (χ1) is 12.3. The molecule has 0 bridgehead atoms. The lowest BCUT2D eigenvalue weighted by Crippen LogP contribution is -2.41. The summed E-state index contributed by atoms with van der Waals surface area (Å²) in [5.41, 5.74) is 1.13. The molecule has 0 saturated carbocycles. The molecule has 2 aromatic rings. The quantitative estimate of drug-likeness (QED) is 0.572. The SMILES string of the molecule is O=C(OCc1ccccc1)C1(COCc2ccccc2)C=CCOC1. The molecule has 1 heterocycles.